The second kappa shape index (κ2) is 7.74. The lowest BCUT2D eigenvalue weighted by Crippen LogP contribution is -2.47. The lowest BCUT2D eigenvalue weighted by atomic mass is 10.1. The van der Waals surface area contributed by atoms with E-state index in [1.807, 2.05) is 0 Å². The minimum Gasteiger partial charge on any atom is -0.481 e. The van der Waals surface area contributed by atoms with Crippen LogP contribution in [0.4, 0.5) is 0 Å². The van der Waals surface area contributed by atoms with Crippen molar-refractivity contribution in [3.05, 3.63) is 23.9 Å². The van der Waals surface area contributed by atoms with Crippen LogP contribution in [-0.4, -0.2) is 49.8 Å². The van der Waals surface area contributed by atoms with E-state index in [-0.39, 0.29) is 12.3 Å². The topological polar surface area (TPSA) is 86.8 Å². The predicted octanol–water partition coefficient (Wildman–Crippen LogP) is 0.469. The summed E-state index contributed by atoms with van der Waals surface area (Å²) in [5, 5.41) is 2.69. The number of rotatable bonds is 6. The van der Waals surface area contributed by atoms with E-state index in [1.54, 1.807) is 18.3 Å². The largest absolute Gasteiger partial charge is 0.481 e. The second-order valence-corrected chi connectivity index (χ2v) is 4.96. The fourth-order valence-electron chi connectivity index (χ4n) is 2.37. The Hall–Kier alpha value is -2.15. The summed E-state index contributed by atoms with van der Waals surface area (Å²) in [5.74, 6) is -0.393. The minimum absolute atomic E-state index is 0.238. The summed E-state index contributed by atoms with van der Waals surface area (Å²) >= 11 is 0. The van der Waals surface area contributed by atoms with Crippen molar-refractivity contribution in [1.82, 2.24) is 10.3 Å². The first-order valence-electron chi connectivity index (χ1n) is 7.13. The second-order valence-electron chi connectivity index (χ2n) is 4.96. The van der Waals surface area contributed by atoms with Crippen LogP contribution < -0.4 is 10.1 Å². The fourth-order valence-corrected chi connectivity index (χ4v) is 2.37. The summed E-state index contributed by atoms with van der Waals surface area (Å²) < 4.78 is 15.3. The van der Waals surface area contributed by atoms with Gasteiger partial charge in [-0.05, 0) is 18.9 Å². The third-order valence-electron chi connectivity index (χ3n) is 3.49. The summed E-state index contributed by atoms with van der Waals surface area (Å²) in [6.07, 6.45) is 2.85. The van der Waals surface area contributed by atoms with Gasteiger partial charge in [-0.15, -0.1) is 0 Å². The number of hydrogen-bond donors (Lipinski definition) is 1. The number of nitrogens with zero attached hydrogens (tertiary/aromatic N) is 1. The Bertz CT molecular complexity index is 528. The molecule has 2 rings (SSSR count). The number of nitrogens with one attached hydrogen (secondary N) is 1. The van der Waals surface area contributed by atoms with Gasteiger partial charge in [0.15, 0.2) is 0 Å². The molecule has 1 aromatic rings. The number of carbonyl (C=O) groups is 2. The van der Waals surface area contributed by atoms with Crippen molar-refractivity contribution in [2.24, 2.45) is 0 Å². The number of pyridine rings is 1. The molecule has 120 valence electrons. The molecule has 1 fully saturated rings. The molecule has 1 saturated heterocycles. The number of aromatic nitrogens is 1. The first-order chi connectivity index (χ1) is 10.7. The van der Waals surface area contributed by atoms with Gasteiger partial charge < -0.3 is 19.5 Å². The van der Waals surface area contributed by atoms with Crippen molar-refractivity contribution >= 4 is 11.9 Å². The zero-order valence-corrected chi connectivity index (χ0v) is 12.7. The highest BCUT2D eigenvalue weighted by Gasteiger charge is 2.29. The van der Waals surface area contributed by atoms with Crippen LogP contribution >= 0.6 is 0 Å². The van der Waals surface area contributed by atoms with Crippen molar-refractivity contribution < 1.29 is 23.8 Å². The molecule has 2 atom stereocenters. The molecule has 1 aromatic heterocycles. The first kappa shape index (κ1) is 16.2. The summed E-state index contributed by atoms with van der Waals surface area (Å²) in [7, 11) is 2.79. The number of hydrogen-bond acceptors (Lipinski definition) is 6. The first-order valence-corrected chi connectivity index (χ1v) is 7.13. The molecule has 0 radical (unpaired) electrons. The van der Waals surface area contributed by atoms with Crippen molar-refractivity contribution in [1.29, 1.82) is 0 Å². The monoisotopic (exact) mass is 308 g/mol. The quantitative estimate of drug-likeness (QED) is 0.769. The molecular formula is C15H20N2O5. The summed E-state index contributed by atoms with van der Waals surface area (Å²) in [5.41, 5.74) is 0.716. The SMILES string of the molecule is COC(=O)[C@@H](Cc1cccnc1OC)NC(=O)[C@@H]1CCCO1. The third-order valence-corrected chi connectivity index (χ3v) is 3.49. The van der Waals surface area contributed by atoms with Gasteiger partial charge in [-0.3, -0.25) is 4.79 Å². The molecular weight excluding hydrogens is 288 g/mol. The van der Waals surface area contributed by atoms with Crippen molar-refractivity contribution in [2.45, 2.75) is 31.4 Å². The van der Waals surface area contributed by atoms with E-state index in [2.05, 4.69) is 10.3 Å². The van der Waals surface area contributed by atoms with E-state index < -0.39 is 18.1 Å². The number of ether oxygens (including phenoxy) is 3. The van der Waals surface area contributed by atoms with Crippen molar-refractivity contribution in [3.63, 3.8) is 0 Å². The smallest absolute Gasteiger partial charge is 0.328 e. The molecule has 0 spiro atoms. The van der Waals surface area contributed by atoms with Gasteiger partial charge in [0.2, 0.25) is 11.8 Å². The van der Waals surface area contributed by atoms with Gasteiger partial charge in [0.25, 0.3) is 0 Å². The van der Waals surface area contributed by atoms with Gasteiger partial charge in [0.05, 0.1) is 14.2 Å². The highest BCUT2D eigenvalue weighted by Crippen LogP contribution is 2.17. The third kappa shape index (κ3) is 3.94. The molecule has 1 N–H and O–H groups in total. The average Bonchev–Trinajstić information content (AvgIpc) is 3.08. The minimum atomic E-state index is -0.806. The van der Waals surface area contributed by atoms with Gasteiger partial charge in [-0.25, -0.2) is 9.78 Å². The normalized spacial score (nSPS) is 18.5. The number of esters is 1. The Morgan fingerprint density at radius 1 is 1.50 bits per heavy atom. The summed E-state index contributed by atoms with van der Waals surface area (Å²) in [6, 6.07) is 2.73. The van der Waals surface area contributed by atoms with Crippen LogP contribution in [0.3, 0.4) is 0 Å². The van der Waals surface area contributed by atoms with E-state index in [0.29, 0.717) is 24.5 Å². The molecule has 22 heavy (non-hydrogen) atoms. The van der Waals surface area contributed by atoms with Crippen LogP contribution in [0.2, 0.25) is 0 Å². The van der Waals surface area contributed by atoms with Gasteiger partial charge in [-0.2, -0.15) is 0 Å². The Labute approximate surface area is 129 Å². The molecule has 1 amide bonds. The number of amides is 1. The summed E-state index contributed by atoms with van der Waals surface area (Å²) in [6.45, 7) is 0.567. The fraction of sp³-hybridized carbons (Fsp3) is 0.533. The lowest BCUT2D eigenvalue weighted by molar-refractivity contribution is -0.146. The van der Waals surface area contributed by atoms with Crippen LogP contribution in [0.5, 0.6) is 5.88 Å². The van der Waals surface area contributed by atoms with E-state index in [1.165, 1.54) is 14.2 Å². The zero-order chi connectivity index (χ0) is 15.9. The van der Waals surface area contributed by atoms with Crippen LogP contribution in [0.15, 0.2) is 18.3 Å². The molecule has 1 aliphatic heterocycles. The molecule has 0 aliphatic carbocycles. The average molecular weight is 308 g/mol. The van der Waals surface area contributed by atoms with E-state index in [9.17, 15) is 9.59 Å². The van der Waals surface area contributed by atoms with Crippen LogP contribution in [0.1, 0.15) is 18.4 Å². The predicted molar refractivity (Wildman–Crippen MR) is 77.4 cm³/mol. The maximum atomic E-state index is 12.1. The van der Waals surface area contributed by atoms with Crippen molar-refractivity contribution in [2.75, 3.05) is 20.8 Å². The Kier molecular flexibility index (Phi) is 5.71. The van der Waals surface area contributed by atoms with Gasteiger partial charge >= 0.3 is 5.97 Å². The Balaban J connectivity index is 2.08. The maximum absolute atomic E-state index is 12.1. The van der Waals surface area contributed by atoms with Gasteiger partial charge in [0, 0.05) is 24.8 Å². The highest BCUT2D eigenvalue weighted by molar-refractivity contribution is 5.87. The van der Waals surface area contributed by atoms with Gasteiger partial charge in [-0.1, -0.05) is 6.07 Å². The van der Waals surface area contributed by atoms with E-state index >= 15 is 0 Å². The zero-order valence-electron chi connectivity index (χ0n) is 12.7. The Morgan fingerprint density at radius 2 is 2.32 bits per heavy atom. The molecule has 2 heterocycles. The molecule has 1 aliphatic rings. The van der Waals surface area contributed by atoms with Crippen LogP contribution in [0, 0.1) is 0 Å². The molecule has 0 aromatic carbocycles. The van der Waals surface area contributed by atoms with Crippen LogP contribution in [0.25, 0.3) is 0 Å². The van der Waals surface area contributed by atoms with Crippen LogP contribution in [-0.2, 0) is 25.5 Å². The molecule has 7 nitrogen and oxygen atoms in total. The molecule has 7 heteroatoms. The molecule has 0 saturated carbocycles. The maximum Gasteiger partial charge on any atom is 0.328 e. The number of carbonyl (C=O) groups excluding carboxylic acids is 2. The summed E-state index contributed by atoms with van der Waals surface area (Å²) in [4.78, 5) is 28.1. The highest BCUT2D eigenvalue weighted by atomic mass is 16.5. The van der Waals surface area contributed by atoms with E-state index in [0.717, 1.165) is 6.42 Å². The molecule has 0 bridgehead atoms. The Morgan fingerprint density at radius 3 is 2.95 bits per heavy atom. The molecule has 0 unspecified atom stereocenters. The van der Waals surface area contributed by atoms with E-state index in [4.69, 9.17) is 14.2 Å². The number of methoxy groups -OCH3 is 2. The standard InChI is InChI=1S/C15H20N2O5/c1-20-14-10(5-3-7-16-14)9-11(15(19)21-2)17-13(18)12-6-4-8-22-12/h3,5,7,11-12H,4,6,8-9H2,1-2H3,(H,17,18)/t11-,12+/m1/s1. The van der Waals surface area contributed by atoms with Gasteiger partial charge in [0.1, 0.15) is 12.1 Å². The lowest BCUT2D eigenvalue weighted by Gasteiger charge is -2.19. The van der Waals surface area contributed by atoms with Crippen molar-refractivity contribution in [3.8, 4) is 5.88 Å².